The average molecular weight is 347 g/mol. The van der Waals surface area contributed by atoms with Gasteiger partial charge in [-0.1, -0.05) is 6.07 Å². The fourth-order valence-electron chi connectivity index (χ4n) is 2.16. The number of nitrogens with zero attached hydrogens (tertiary/aromatic N) is 1. The first-order chi connectivity index (χ1) is 11.6. The second kappa shape index (κ2) is 9.17. The van der Waals surface area contributed by atoms with E-state index in [1.54, 1.807) is 25.5 Å². The molecule has 0 aliphatic carbocycles. The minimum atomic E-state index is -0.000806. The summed E-state index contributed by atoms with van der Waals surface area (Å²) in [5.41, 5.74) is 1.30. The average Bonchev–Trinajstić information content (AvgIpc) is 3.00. The first-order valence-corrected chi connectivity index (χ1v) is 8.78. The summed E-state index contributed by atoms with van der Waals surface area (Å²) in [6.45, 7) is 5.56. The minimum absolute atomic E-state index is 0.000806. The molecule has 1 atom stereocenters. The molecule has 1 aromatic heterocycles. The monoisotopic (exact) mass is 347 g/mol. The molecular weight excluding hydrogens is 322 g/mol. The van der Waals surface area contributed by atoms with Crippen molar-refractivity contribution in [3.63, 3.8) is 0 Å². The molecule has 0 radical (unpaired) electrons. The molecule has 0 spiro atoms. The third-order valence-corrected chi connectivity index (χ3v) is 4.57. The maximum absolute atomic E-state index is 5.90. The Morgan fingerprint density at radius 2 is 2.04 bits per heavy atom. The van der Waals surface area contributed by atoms with Gasteiger partial charge in [-0.25, -0.2) is 0 Å². The van der Waals surface area contributed by atoms with E-state index < -0.39 is 0 Å². The van der Waals surface area contributed by atoms with Crippen molar-refractivity contribution in [2.75, 3.05) is 20.7 Å². The minimum Gasteiger partial charge on any atom is -0.497 e. The van der Waals surface area contributed by atoms with E-state index in [4.69, 9.17) is 9.47 Å². The van der Waals surface area contributed by atoms with Crippen LogP contribution in [-0.4, -0.2) is 32.8 Å². The number of benzene rings is 1. The molecule has 1 aromatic carbocycles. The van der Waals surface area contributed by atoms with Crippen LogP contribution in [0.5, 0.6) is 11.5 Å². The van der Waals surface area contributed by atoms with Crippen molar-refractivity contribution < 1.29 is 9.47 Å². The van der Waals surface area contributed by atoms with Gasteiger partial charge in [0.1, 0.15) is 17.6 Å². The second-order valence-electron chi connectivity index (χ2n) is 5.44. The van der Waals surface area contributed by atoms with Crippen molar-refractivity contribution in [1.82, 2.24) is 10.6 Å². The number of aryl methyl sites for hydroxylation is 1. The highest BCUT2D eigenvalue weighted by Gasteiger charge is 2.07. The van der Waals surface area contributed by atoms with Gasteiger partial charge < -0.3 is 20.1 Å². The van der Waals surface area contributed by atoms with E-state index in [-0.39, 0.29) is 6.10 Å². The Labute approximate surface area is 147 Å². The predicted octanol–water partition coefficient (Wildman–Crippen LogP) is 3.20. The van der Waals surface area contributed by atoms with Crippen LogP contribution in [0.4, 0.5) is 0 Å². The normalized spacial score (nSPS) is 12.6. The zero-order valence-electron chi connectivity index (χ0n) is 14.6. The standard InChI is InChI=1S/C18H25N3O2S/c1-13-8-9-24-17(13)12-21-18(19-3)20-11-14(2)23-16-7-5-6-15(10-16)22-4/h5-10,14H,11-12H2,1-4H3,(H2,19,20,21). The zero-order chi connectivity index (χ0) is 17.4. The fraction of sp³-hybridized carbons (Fsp3) is 0.389. The molecule has 0 saturated heterocycles. The van der Waals surface area contributed by atoms with Crippen LogP contribution >= 0.6 is 11.3 Å². The summed E-state index contributed by atoms with van der Waals surface area (Å²) in [7, 11) is 3.42. The Balaban J connectivity index is 1.78. The second-order valence-corrected chi connectivity index (χ2v) is 6.44. The number of hydrogen-bond acceptors (Lipinski definition) is 4. The summed E-state index contributed by atoms with van der Waals surface area (Å²) in [4.78, 5) is 5.57. The molecule has 0 aliphatic heterocycles. The number of thiophene rings is 1. The Bertz CT molecular complexity index is 670. The van der Waals surface area contributed by atoms with Crippen molar-refractivity contribution in [3.05, 3.63) is 46.2 Å². The van der Waals surface area contributed by atoms with E-state index in [1.165, 1.54) is 10.4 Å². The lowest BCUT2D eigenvalue weighted by Gasteiger charge is -2.18. The SMILES string of the molecule is CN=C(NCc1sccc1C)NCC(C)Oc1cccc(OC)c1. The molecule has 1 heterocycles. The molecule has 0 saturated carbocycles. The van der Waals surface area contributed by atoms with Crippen molar-refractivity contribution >= 4 is 17.3 Å². The van der Waals surface area contributed by atoms with Crippen molar-refractivity contribution in [1.29, 1.82) is 0 Å². The van der Waals surface area contributed by atoms with Crippen molar-refractivity contribution in [2.24, 2.45) is 4.99 Å². The van der Waals surface area contributed by atoms with Crippen LogP contribution in [0.1, 0.15) is 17.4 Å². The highest BCUT2D eigenvalue weighted by molar-refractivity contribution is 7.10. The summed E-state index contributed by atoms with van der Waals surface area (Å²) in [6, 6.07) is 9.74. The van der Waals surface area contributed by atoms with Gasteiger partial charge in [0, 0.05) is 18.0 Å². The molecule has 1 unspecified atom stereocenters. The Morgan fingerprint density at radius 1 is 1.25 bits per heavy atom. The summed E-state index contributed by atoms with van der Waals surface area (Å²) in [5, 5.41) is 8.71. The molecule has 0 amide bonds. The zero-order valence-corrected chi connectivity index (χ0v) is 15.4. The van der Waals surface area contributed by atoms with Crippen LogP contribution in [0.15, 0.2) is 40.7 Å². The lowest BCUT2D eigenvalue weighted by Crippen LogP contribution is -2.41. The van der Waals surface area contributed by atoms with Crippen LogP contribution in [-0.2, 0) is 6.54 Å². The summed E-state index contributed by atoms with van der Waals surface area (Å²) in [6.07, 6.45) is -0.000806. The van der Waals surface area contributed by atoms with Gasteiger partial charge in [0.05, 0.1) is 20.2 Å². The Morgan fingerprint density at radius 3 is 2.71 bits per heavy atom. The molecule has 0 bridgehead atoms. The third-order valence-electron chi connectivity index (χ3n) is 3.54. The summed E-state index contributed by atoms with van der Waals surface area (Å²) < 4.78 is 11.1. The van der Waals surface area contributed by atoms with E-state index >= 15 is 0 Å². The predicted molar refractivity (Wildman–Crippen MR) is 100 cm³/mol. The van der Waals surface area contributed by atoms with Gasteiger partial charge in [0.2, 0.25) is 0 Å². The molecule has 6 heteroatoms. The molecule has 2 N–H and O–H groups in total. The van der Waals surface area contributed by atoms with E-state index in [0.29, 0.717) is 6.54 Å². The molecule has 2 aromatic rings. The lowest BCUT2D eigenvalue weighted by atomic mass is 10.3. The van der Waals surface area contributed by atoms with Gasteiger partial charge in [-0.15, -0.1) is 11.3 Å². The maximum Gasteiger partial charge on any atom is 0.191 e. The Hall–Kier alpha value is -2.21. The number of hydrogen-bond donors (Lipinski definition) is 2. The van der Waals surface area contributed by atoms with Crippen LogP contribution in [0.3, 0.4) is 0 Å². The van der Waals surface area contributed by atoms with Crippen molar-refractivity contribution in [3.8, 4) is 11.5 Å². The van der Waals surface area contributed by atoms with Gasteiger partial charge in [0.15, 0.2) is 5.96 Å². The van der Waals surface area contributed by atoms with Crippen LogP contribution in [0.25, 0.3) is 0 Å². The van der Waals surface area contributed by atoms with Gasteiger partial charge in [0.25, 0.3) is 0 Å². The fourth-order valence-corrected chi connectivity index (χ4v) is 3.00. The van der Waals surface area contributed by atoms with E-state index in [0.717, 1.165) is 24.0 Å². The summed E-state index contributed by atoms with van der Waals surface area (Å²) >= 11 is 1.75. The first kappa shape index (κ1) is 18.1. The molecule has 0 fully saturated rings. The Kier molecular flexibility index (Phi) is 6.93. The van der Waals surface area contributed by atoms with Crippen LogP contribution < -0.4 is 20.1 Å². The molecule has 24 heavy (non-hydrogen) atoms. The quantitative estimate of drug-likeness (QED) is 0.597. The van der Waals surface area contributed by atoms with E-state index in [9.17, 15) is 0 Å². The smallest absolute Gasteiger partial charge is 0.191 e. The van der Waals surface area contributed by atoms with Crippen LogP contribution in [0, 0.1) is 6.92 Å². The number of rotatable bonds is 7. The number of aliphatic imine (C=N–C) groups is 1. The number of ether oxygens (including phenoxy) is 2. The highest BCUT2D eigenvalue weighted by atomic mass is 32.1. The van der Waals surface area contributed by atoms with E-state index in [2.05, 4.69) is 34.0 Å². The molecule has 5 nitrogen and oxygen atoms in total. The van der Waals surface area contributed by atoms with Crippen LogP contribution in [0.2, 0.25) is 0 Å². The lowest BCUT2D eigenvalue weighted by molar-refractivity contribution is 0.223. The van der Waals surface area contributed by atoms with Gasteiger partial charge in [-0.05, 0) is 43.0 Å². The van der Waals surface area contributed by atoms with Gasteiger partial charge in [-0.2, -0.15) is 0 Å². The molecule has 130 valence electrons. The topological polar surface area (TPSA) is 54.9 Å². The molecular formula is C18H25N3O2S. The van der Waals surface area contributed by atoms with Gasteiger partial charge in [-0.3, -0.25) is 4.99 Å². The number of methoxy groups -OCH3 is 1. The highest BCUT2D eigenvalue weighted by Crippen LogP contribution is 2.19. The summed E-state index contributed by atoms with van der Waals surface area (Å²) in [5.74, 6) is 2.35. The number of guanidine groups is 1. The van der Waals surface area contributed by atoms with Gasteiger partial charge >= 0.3 is 0 Å². The third kappa shape index (κ3) is 5.45. The number of nitrogens with one attached hydrogen (secondary N) is 2. The largest absolute Gasteiger partial charge is 0.497 e. The maximum atomic E-state index is 5.90. The van der Waals surface area contributed by atoms with E-state index in [1.807, 2.05) is 31.2 Å². The molecule has 0 aliphatic rings. The molecule has 2 rings (SSSR count). The first-order valence-electron chi connectivity index (χ1n) is 7.90. The van der Waals surface area contributed by atoms with Crippen molar-refractivity contribution in [2.45, 2.75) is 26.5 Å².